The van der Waals surface area contributed by atoms with E-state index >= 15 is 0 Å². The minimum atomic E-state index is -0.152. The smallest absolute Gasteiger partial charge is 0.252 e. The summed E-state index contributed by atoms with van der Waals surface area (Å²) in [4.78, 5) is 17.2. The Bertz CT molecular complexity index is 812. The summed E-state index contributed by atoms with van der Waals surface area (Å²) in [6, 6.07) is 12.9. The highest BCUT2D eigenvalue weighted by molar-refractivity contribution is 6.07. The van der Waals surface area contributed by atoms with Crippen molar-refractivity contribution in [2.75, 3.05) is 13.7 Å². The van der Waals surface area contributed by atoms with E-state index in [-0.39, 0.29) is 11.9 Å². The zero-order valence-electron chi connectivity index (χ0n) is 13.1. The Morgan fingerprint density at radius 2 is 2.13 bits per heavy atom. The largest absolute Gasteiger partial charge is 0.463 e. The summed E-state index contributed by atoms with van der Waals surface area (Å²) in [7, 11) is 1.61. The van der Waals surface area contributed by atoms with Crippen LogP contribution in [0.2, 0.25) is 0 Å². The Balaban J connectivity index is 2.05. The Hall–Kier alpha value is -2.66. The second-order valence-corrected chi connectivity index (χ2v) is 5.38. The number of benzene rings is 1. The van der Waals surface area contributed by atoms with Gasteiger partial charge in [-0.25, -0.2) is 4.98 Å². The monoisotopic (exact) mass is 310 g/mol. The van der Waals surface area contributed by atoms with Gasteiger partial charge in [0.25, 0.3) is 5.91 Å². The van der Waals surface area contributed by atoms with E-state index < -0.39 is 0 Å². The third kappa shape index (κ3) is 3.24. The molecule has 0 unspecified atom stereocenters. The van der Waals surface area contributed by atoms with Crippen LogP contribution >= 0.6 is 0 Å². The average Bonchev–Trinajstić information content (AvgIpc) is 3.08. The lowest BCUT2D eigenvalue weighted by Gasteiger charge is -2.14. The van der Waals surface area contributed by atoms with Gasteiger partial charge in [-0.3, -0.25) is 4.79 Å². The summed E-state index contributed by atoms with van der Waals surface area (Å²) in [6.45, 7) is 2.36. The fourth-order valence-electron chi connectivity index (χ4n) is 2.51. The highest BCUT2D eigenvalue weighted by Gasteiger charge is 2.16. The molecule has 23 heavy (non-hydrogen) atoms. The lowest BCUT2D eigenvalue weighted by Crippen LogP contribution is -2.35. The van der Waals surface area contributed by atoms with Crippen molar-refractivity contribution in [2.45, 2.75) is 13.0 Å². The van der Waals surface area contributed by atoms with Gasteiger partial charge in [-0.05, 0) is 31.2 Å². The maximum Gasteiger partial charge on any atom is 0.252 e. The van der Waals surface area contributed by atoms with Gasteiger partial charge in [-0.15, -0.1) is 0 Å². The van der Waals surface area contributed by atoms with Gasteiger partial charge < -0.3 is 14.5 Å². The van der Waals surface area contributed by atoms with Gasteiger partial charge in [0.1, 0.15) is 5.69 Å². The number of pyridine rings is 1. The van der Waals surface area contributed by atoms with Crippen molar-refractivity contribution in [2.24, 2.45) is 0 Å². The molecule has 0 bridgehead atoms. The number of hydrogen-bond donors (Lipinski definition) is 1. The van der Waals surface area contributed by atoms with Crippen LogP contribution in [0.1, 0.15) is 17.3 Å². The first kappa shape index (κ1) is 15.2. The van der Waals surface area contributed by atoms with Crippen LogP contribution in [-0.2, 0) is 4.74 Å². The third-order valence-corrected chi connectivity index (χ3v) is 3.53. The number of para-hydroxylation sites is 1. The molecule has 5 nitrogen and oxygen atoms in total. The normalized spacial score (nSPS) is 12.3. The number of nitrogens with zero attached hydrogens (tertiary/aromatic N) is 1. The summed E-state index contributed by atoms with van der Waals surface area (Å²) < 4.78 is 10.5. The van der Waals surface area contributed by atoms with Crippen molar-refractivity contribution in [3.8, 4) is 11.5 Å². The molecular weight excluding hydrogens is 292 g/mol. The van der Waals surface area contributed by atoms with Crippen molar-refractivity contribution in [1.29, 1.82) is 0 Å². The van der Waals surface area contributed by atoms with Crippen molar-refractivity contribution >= 4 is 16.8 Å². The van der Waals surface area contributed by atoms with E-state index in [4.69, 9.17) is 9.15 Å². The van der Waals surface area contributed by atoms with Crippen LogP contribution in [0, 0.1) is 0 Å². The number of methoxy groups -OCH3 is 1. The molecule has 0 aliphatic carbocycles. The summed E-state index contributed by atoms with van der Waals surface area (Å²) in [5.74, 6) is 0.482. The molecule has 0 aliphatic heterocycles. The van der Waals surface area contributed by atoms with Gasteiger partial charge in [-0.1, -0.05) is 18.2 Å². The molecule has 0 aliphatic rings. The van der Waals surface area contributed by atoms with Crippen LogP contribution in [-0.4, -0.2) is 30.6 Å². The van der Waals surface area contributed by atoms with Gasteiger partial charge in [0, 0.05) is 18.5 Å². The third-order valence-electron chi connectivity index (χ3n) is 3.53. The molecule has 0 spiro atoms. The van der Waals surface area contributed by atoms with Gasteiger partial charge >= 0.3 is 0 Å². The molecule has 0 saturated carbocycles. The van der Waals surface area contributed by atoms with Crippen LogP contribution < -0.4 is 5.32 Å². The number of aromatic nitrogens is 1. The van der Waals surface area contributed by atoms with E-state index in [0.717, 1.165) is 10.9 Å². The molecule has 3 rings (SSSR count). The molecule has 2 aromatic heterocycles. The number of carbonyl (C=O) groups excluding carboxylic acids is 1. The lowest BCUT2D eigenvalue weighted by molar-refractivity contribution is 0.0907. The van der Waals surface area contributed by atoms with E-state index in [9.17, 15) is 4.79 Å². The Kier molecular flexibility index (Phi) is 4.39. The fraction of sp³-hybridized carbons (Fsp3) is 0.222. The van der Waals surface area contributed by atoms with Gasteiger partial charge in [0.2, 0.25) is 0 Å². The number of amides is 1. The quantitative estimate of drug-likeness (QED) is 0.785. The molecule has 2 heterocycles. The molecule has 1 atom stereocenters. The lowest BCUT2D eigenvalue weighted by atomic mass is 10.1. The molecular formula is C18H18N2O3. The Morgan fingerprint density at radius 3 is 2.87 bits per heavy atom. The number of nitrogens with one attached hydrogen (secondary N) is 1. The standard InChI is InChI=1S/C18H18N2O3/c1-12(11-22-2)19-18(21)14-10-16(17-8-5-9-23-17)20-15-7-4-3-6-13(14)15/h3-10,12H,11H2,1-2H3,(H,19,21)/t12-/m0/s1. The highest BCUT2D eigenvalue weighted by Crippen LogP contribution is 2.25. The zero-order valence-corrected chi connectivity index (χ0v) is 13.1. The van der Waals surface area contributed by atoms with Gasteiger partial charge in [0.05, 0.1) is 24.0 Å². The zero-order chi connectivity index (χ0) is 16.2. The predicted molar refractivity (Wildman–Crippen MR) is 88.2 cm³/mol. The molecule has 1 N–H and O–H groups in total. The highest BCUT2D eigenvalue weighted by atomic mass is 16.5. The maximum atomic E-state index is 12.6. The van der Waals surface area contributed by atoms with E-state index in [1.54, 1.807) is 25.5 Å². The summed E-state index contributed by atoms with van der Waals surface area (Å²) >= 11 is 0. The molecule has 0 radical (unpaired) electrons. The van der Waals surface area contributed by atoms with Crippen LogP contribution in [0.15, 0.2) is 53.1 Å². The van der Waals surface area contributed by atoms with E-state index in [1.165, 1.54) is 0 Å². The molecule has 118 valence electrons. The maximum absolute atomic E-state index is 12.6. The number of carbonyl (C=O) groups is 1. The molecule has 3 aromatic rings. The molecule has 5 heteroatoms. The van der Waals surface area contributed by atoms with Gasteiger partial charge in [-0.2, -0.15) is 0 Å². The molecule has 0 saturated heterocycles. The fourth-order valence-corrected chi connectivity index (χ4v) is 2.51. The van der Waals surface area contributed by atoms with Crippen molar-refractivity contribution < 1.29 is 13.9 Å². The minimum absolute atomic E-state index is 0.0773. The number of rotatable bonds is 5. The van der Waals surface area contributed by atoms with Crippen LogP contribution in [0.5, 0.6) is 0 Å². The minimum Gasteiger partial charge on any atom is -0.463 e. The molecule has 0 fully saturated rings. The SMILES string of the molecule is COC[C@H](C)NC(=O)c1cc(-c2ccco2)nc2ccccc12. The average molecular weight is 310 g/mol. The molecule has 1 aromatic carbocycles. The topological polar surface area (TPSA) is 64.4 Å². The van der Waals surface area contributed by atoms with E-state index in [0.29, 0.717) is 23.6 Å². The first-order valence-electron chi connectivity index (χ1n) is 7.42. The van der Waals surface area contributed by atoms with Crippen molar-refractivity contribution in [3.63, 3.8) is 0 Å². The van der Waals surface area contributed by atoms with Crippen molar-refractivity contribution in [3.05, 3.63) is 54.3 Å². The number of ether oxygens (including phenoxy) is 1. The van der Waals surface area contributed by atoms with Crippen LogP contribution in [0.3, 0.4) is 0 Å². The first-order valence-corrected chi connectivity index (χ1v) is 7.42. The van der Waals surface area contributed by atoms with Crippen molar-refractivity contribution in [1.82, 2.24) is 10.3 Å². The predicted octanol–water partition coefficient (Wildman–Crippen LogP) is 3.26. The summed E-state index contributed by atoms with van der Waals surface area (Å²) in [5.41, 5.74) is 1.97. The first-order chi connectivity index (χ1) is 11.2. The summed E-state index contributed by atoms with van der Waals surface area (Å²) in [6.07, 6.45) is 1.59. The Morgan fingerprint density at radius 1 is 1.30 bits per heavy atom. The molecule has 1 amide bonds. The Labute approximate surface area is 134 Å². The van der Waals surface area contributed by atoms with Gasteiger partial charge in [0.15, 0.2) is 5.76 Å². The second-order valence-electron chi connectivity index (χ2n) is 5.38. The van der Waals surface area contributed by atoms with Crippen LogP contribution in [0.4, 0.5) is 0 Å². The number of fused-ring (bicyclic) bond motifs is 1. The second kappa shape index (κ2) is 6.62. The van der Waals surface area contributed by atoms with E-state index in [1.807, 2.05) is 37.3 Å². The number of furan rings is 1. The van der Waals surface area contributed by atoms with Crippen LogP contribution in [0.25, 0.3) is 22.4 Å². The summed E-state index contributed by atoms with van der Waals surface area (Å²) in [5, 5.41) is 3.75. The number of hydrogen-bond acceptors (Lipinski definition) is 4. The van der Waals surface area contributed by atoms with E-state index in [2.05, 4.69) is 10.3 Å².